The lowest BCUT2D eigenvalue weighted by atomic mass is 10.3. The molecular weight excluding hydrogens is 166 g/mol. The van der Waals surface area contributed by atoms with Crippen molar-refractivity contribution in [3.05, 3.63) is 35.9 Å². The molecule has 0 saturated heterocycles. The summed E-state index contributed by atoms with van der Waals surface area (Å²) in [5, 5.41) is 0. The van der Waals surface area contributed by atoms with Crippen LogP contribution >= 0.6 is 0 Å². The molecule has 1 rings (SSSR count). The fourth-order valence-electron chi connectivity index (χ4n) is 0.460. The first-order valence-electron chi connectivity index (χ1n) is 3.08. The summed E-state index contributed by atoms with van der Waals surface area (Å²) in [6.07, 6.45) is 0. The molecule has 0 aliphatic carbocycles. The Labute approximate surface area is 68.8 Å². The standard InChI is InChI=1S/C6H4F2.C2H4O2/c7-5-2-1-3-6(8)4-5;1-4-2-3/h1-4H;2H,1H3. The van der Waals surface area contributed by atoms with Crippen molar-refractivity contribution in [1.29, 1.82) is 0 Å². The van der Waals surface area contributed by atoms with E-state index in [-0.39, 0.29) is 0 Å². The number of halogens is 2. The smallest absolute Gasteiger partial charge is 0.292 e. The first kappa shape index (κ1) is 10.6. The number of benzene rings is 1. The molecule has 1 aromatic rings. The predicted octanol–water partition coefficient (Wildman–Crippen LogP) is 1.75. The number of ether oxygens (including phenoxy) is 1. The average molecular weight is 174 g/mol. The highest BCUT2D eigenvalue weighted by Gasteiger charge is 1.88. The lowest BCUT2D eigenvalue weighted by molar-refractivity contribution is -0.126. The van der Waals surface area contributed by atoms with Crippen LogP contribution in [-0.2, 0) is 9.53 Å². The van der Waals surface area contributed by atoms with Crippen LogP contribution in [0, 0.1) is 11.6 Å². The van der Waals surface area contributed by atoms with Gasteiger partial charge in [0.25, 0.3) is 6.47 Å². The number of carbonyl (C=O) groups is 1. The molecular formula is C8H8F2O2. The summed E-state index contributed by atoms with van der Waals surface area (Å²) in [5.74, 6) is -1.07. The molecule has 0 N–H and O–H groups in total. The Morgan fingerprint density at radius 3 is 1.92 bits per heavy atom. The van der Waals surface area contributed by atoms with E-state index in [0.717, 1.165) is 6.07 Å². The third-order valence-corrected chi connectivity index (χ3v) is 0.883. The highest BCUT2D eigenvalue weighted by Crippen LogP contribution is 1.99. The zero-order valence-corrected chi connectivity index (χ0v) is 6.46. The highest BCUT2D eigenvalue weighted by atomic mass is 19.1. The van der Waals surface area contributed by atoms with Crippen LogP contribution in [0.15, 0.2) is 24.3 Å². The van der Waals surface area contributed by atoms with E-state index in [1.165, 1.54) is 25.3 Å². The van der Waals surface area contributed by atoms with E-state index in [1.807, 2.05) is 0 Å². The van der Waals surface area contributed by atoms with Crippen molar-refractivity contribution in [2.75, 3.05) is 7.11 Å². The summed E-state index contributed by atoms with van der Waals surface area (Å²) in [6.45, 7) is 0.375. The van der Waals surface area contributed by atoms with Crippen LogP contribution in [0.1, 0.15) is 0 Å². The Kier molecular flexibility index (Phi) is 5.51. The topological polar surface area (TPSA) is 26.3 Å². The second kappa shape index (κ2) is 6.27. The van der Waals surface area contributed by atoms with Crippen molar-refractivity contribution in [2.45, 2.75) is 0 Å². The van der Waals surface area contributed by atoms with E-state index < -0.39 is 11.6 Å². The van der Waals surface area contributed by atoms with Gasteiger partial charge in [0.1, 0.15) is 11.6 Å². The minimum Gasteiger partial charge on any atom is -0.471 e. The van der Waals surface area contributed by atoms with Gasteiger partial charge in [-0.1, -0.05) is 6.07 Å². The zero-order valence-electron chi connectivity index (χ0n) is 6.46. The van der Waals surface area contributed by atoms with Crippen molar-refractivity contribution < 1.29 is 18.3 Å². The molecule has 0 spiro atoms. The first-order chi connectivity index (χ1) is 5.70. The third kappa shape index (κ3) is 5.34. The zero-order chi connectivity index (χ0) is 9.40. The fourth-order valence-corrected chi connectivity index (χ4v) is 0.460. The number of rotatable bonds is 1. The molecule has 66 valence electrons. The van der Waals surface area contributed by atoms with Gasteiger partial charge >= 0.3 is 0 Å². The van der Waals surface area contributed by atoms with Crippen LogP contribution in [0.3, 0.4) is 0 Å². The molecule has 0 saturated carbocycles. The molecule has 0 bridgehead atoms. The number of methoxy groups -OCH3 is 1. The monoisotopic (exact) mass is 174 g/mol. The Hall–Kier alpha value is -1.45. The van der Waals surface area contributed by atoms with Gasteiger partial charge in [-0.05, 0) is 12.1 Å². The Morgan fingerprint density at radius 1 is 1.33 bits per heavy atom. The molecule has 2 nitrogen and oxygen atoms in total. The van der Waals surface area contributed by atoms with Crippen LogP contribution in [-0.4, -0.2) is 13.6 Å². The van der Waals surface area contributed by atoms with Gasteiger partial charge in [-0.2, -0.15) is 0 Å². The average Bonchev–Trinajstić information content (AvgIpc) is 2.04. The van der Waals surface area contributed by atoms with E-state index in [9.17, 15) is 8.78 Å². The molecule has 0 aliphatic rings. The Morgan fingerprint density at radius 2 is 1.75 bits per heavy atom. The molecule has 0 heterocycles. The summed E-state index contributed by atoms with van der Waals surface area (Å²) < 4.78 is 27.7. The predicted molar refractivity (Wildman–Crippen MR) is 39.4 cm³/mol. The molecule has 0 atom stereocenters. The summed E-state index contributed by atoms with van der Waals surface area (Å²) in [5.41, 5.74) is 0. The fraction of sp³-hybridized carbons (Fsp3) is 0.125. The van der Waals surface area contributed by atoms with E-state index in [2.05, 4.69) is 4.74 Å². The van der Waals surface area contributed by atoms with E-state index in [0.29, 0.717) is 6.47 Å². The molecule has 0 radical (unpaired) electrons. The summed E-state index contributed by atoms with van der Waals surface area (Å²) in [4.78, 5) is 8.95. The maximum atomic E-state index is 11.9. The van der Waals surface area contributed by atoms with Crippen LogP contribution in [0.25, 0.3) is 0 Å². The second-order valence-corrected chi connectivity index (χ2v) is 1.77. The van der Waals surface area contributed by atoms with Gasteiger partial charge in [0, 0.05) is 6.07 Å². The molecule has 0 unspecified atom stereocenters. The highest BCUT2D eigenvalue weighted by molar-refractivity contribution is 5.36. The van der Waals surface area contributed by atoms with Crippen LogP contribution in [0.2, 0.25) is 0 Å². The molecule has 0 fully saturated rings. The van der Waals surface area contributed by atoms with Crippen LogP contribution < -0.4 is 0 Å². The van der Waals surface area contributed by atoms with Crippen molar-refractivity contribution in [2.24, 2.45) is 0 Å². The lowest BCUT2D eigenvalue weighted by Gasteiger charge is -1.84. The minimum atomic E-state index is -0.537. The summed E-state index contributed by atoms with van der Waals surface area (Å²) in [6, 6.07) is 4.55. The largest absolute Gasteiger partial charge is 0.471 e. The summed E-state index contributed by atoms with van der Waals surface area (Å²) in [7, 11) is 1.31. The van der Waals surface area contributed by atoms with Gasteiger partial charge in [-0.25, -0.2) is 8.78 Å². The lowest BCUT2D eigenvalue weighted by Crippen LogP contribution is -1.73. The first-order valence-corrected chi connectivity index (χ1v) is 3.08. The Balaban J connectivity index is 0.000000261. The van der Waals surface area contributed by atoms with Crippen molar-refractivity contribution >= 4 is 6.47 Å². The van der Waals surface area contributed by atoms with Gasteiger partial charge < -0.3 is 4.74 Å². The van der Waals surface area contributed by atoms with Crippen molar-refractivity contribution in [3.63, 3.8) is 0 Å². The summed E-state index contributed by atoms with van der Waals surface area (Å²) >= 11 is 0. The van der Waals surface area contributed by atoms with Gasteiger partial charge in [-0.3, -0.25) is 4.79 Å². The van der Waals surface area contributed by atoms with Gasteiger partial charge in [-0.15, -0.1) is 0 Å². The molecule has 12 heavy (non-hydrogen) atoms. The maximum absolute atomic E-state index is 11.9. The van der Waals surface area contributed by atoms with Gasteiger partial charge in [0.05, 0.1) is 7.11 Å². The third-order valence-electron chi connectivity index (χ3n) is 0.883. The van der Waals surface area contributed by atoms with Crippen molar-refractivity contribution in [3.8, 4) is 0 Å². The normalized spacial score (nSPS) is 7.92. The van der Waals surface area contributed by atoms with Gasteiger partial charge in [0.2, 0.25) is 0 Å². The number of hydrogen-bond donors (Lipinski definition) is 0. The Bertz CT molecular complexity index is 221. The SMILES string of the molecule is COC=O.Fc1cccc(F)c1. The molecule has 1 aromatic carbocycles. The number of hydrogen-bond acceptors (Lipinski definition) is 2. The molecule has 0 aromatic heterocycles. The molecule has 4 heteroatoms. The van der Waals surface area contributed by atoms with Crippen LogP contribution in [0.5, 0.6) is 0 Å². The van der Waals surface area contributed by atoms with Crippen molar-refractivity contribution in [1.82, 2.24) is 0 Å². The maximum Gasteiger partial charge on any atom is 0.292 e. The van der Waals surface area contributed by atoms with Gasteiger partial charge in [0.15, 0.2) is 0 Å². The minimum absolute atomic E-state index is 0.375. The molecule has 0 aliphatic heterocycles. The van der Waals surface area contributed by atoms with E-state index in [1.54, 1.807) is 0 Å². The van der Waals surface area contributed by atoms with Crippen LogP contribution in [0.4, 0.5) is 8.78 Å². The van der Waals surface area contributed by atoms with E-state index in [4.69, 9.17) is 4.79 Å². The quantitative estimate of drug-likeness (QED) is 0.606. The van der Waals surface area contributed by atoms with E-state index >= 15 is 0 Å². The second-order valence-electron chi connectivity index (χ2n) is 1.77. The number of carbonyl (C=O) groups excluding carboxylic acids is 1. The molecule has 0 amide bonds.